The molecule has 0 aliphatic carbocycles. The summed E-state index contributed by atoms with van der Waals surface area (Å²) < 4.78 is 4.15. The highest BCUT2D eigenvalue weighted by molar-refractivity contribution is 5.66. The Balaban J connectivity index is 0.000000407. The minimum atomic E-state index is -0.407. The van der Waals surface area contributed by atoms with Crippen LogP contribution in [-0.2, 0) is 16.0 Å². The molecule has 1 amide bonds. The third kappa shape index (κ3) is 11.4. The van der Waals surface area contributed by atoms with Gasteiger partial charge in [-0.1, -0.05) is 60.7 Å². The molecule has 0 bridgehead atoms. The summed E-state index contributed by atoms with van der Waals surface area (Å²) in [5, 5.41) is 2.25. The molecule has 1 N–H and O–H groups in total. The molecule has 0 aliphatic rings. The van der Waals surface area contributed by atoms with E-state index < -0.39 is 6.09 Å². The van der Waals surface area contributed by atoms with Gasteiger partial charge in [-0.3, -0.25) is 0 Å². The summed E-state index contributed by atoms with van der Waals surface area (Å²) in [7, 11) is 4.21. The summed E-state index contributed by atoms with van der Waals surface area (Å²) >= 11 is 0. The van der Waals surface area contributed by atoms with Crippen molar-refractivity contribution in [1.82, 2.24) is 5.32 Å². The lowest BCUT2D eigenvalue weighted by molar-refractivity contribution is 0.173. The van der Waals surface area contributed by atoms with Gasteiger partial charge in [0.1, 0.15) is 0 Å². The van der Waals surface area contributed by atoms with E-state index in [1.807, 2.05) is 0 Å². The van der Waals surface area contributed by atoms with E-state index in [1.54, 1.807) is 0 Å². The smallest absolute Gasteiger partial charge is 0.406 e. The number of nitrogens with one attached hydrogen (secondary N) is 1. The summed E-state index contributed by atoms with van der Waals surface area (Å²) in [6.45, 7) is 0. The number of amides is 1. The lowest BCUT2D eigenvalue weighted by Gasteiger charge is -2.00. The minimum Gasteiger partial charge on any atom is -0.453 e. The molecular weight excluding hydrogens is 292 g/mol. The van der Waals surface area contributed by atoms with E-state index in [-0.39, 0.29) is 0 Å². The normalized spacial score (nSPS) is 8.13. The molecule has 122 valence electrons. The Morgan fingerprint density at radius 1 is 1.04 bits per heavy atom. The maximum atomic E-state index is 9.85. The third-order valence-corrected chi connectivity index (χ3v) is 2.57. The van der Waals surface area contributed by atoms with Crippen LogP contribution in [0.15, 0.2) is 65.7 Å². The number of nitrogens with zero attached hydrogens (tertiary/aromatic N) is 1. The first-order valence-electron chi connectivity index (χ1n) is 6.97. The number of carbonyl (C=O) groups is 1. The van der Waals surface area contributed by atoms with Crippen molar-refractivity contribution in [3.63, 3.8) is 0 Å². The predicted octanol–water partition coefficient (Wildman–Crippen LogP) is 3.20. The summed E-state index contributed by atoms with van der Waals surface area (Å²) in [6.07, 6.45) is 1.93. The van der Waals surface area contributed by atoms with Gasteiger partial charge in [0.25, 0.3) is 0 Å². The van der Waals surface area contributed by atoms with E-state index in [0.29, 0.717) is 0 Å². The van der Waals surface area contributed by atoms with Crippen LogP contribution < -0.4 is 5.32 Å². The number of methoxy groups -OCH3 is 1. The van der Waals surface area contributed by atoms with Crippen LogP contribution in [-0.4, -0.2) is 33.4 Å². The zero-order chi connectivity index (χ0) is 17.3. The number of isocyanates is 1. The molecule has 5 nitrogen and oxygen atoms in total. The number of ether oxygens (including phenoxy) is 1. The first-order chi connectivity index (χ1) is 11.2. The Hall–Kier alpha value is -2.91. The van der Waals surface area contributed by atoms with Gasteiger partial charge in [-0.15, -0.1) is 0 Å². The van der Waals surface area contributed by atoms with Gasteiger partial charge >= 0.3 is 6.09 Å². The standard InChI is InChI=1S/C13H12.C3H7NO2.C2H3NO/c1-3-7-12(8-4-1)11-13-9-5-2-6-10-13;1-4-3(5)6-2;1-3-2-4/h1-10H,11H2;1-2H3,(H,4,5);1H3. The van der Waals surface area contributed by atoms with Crippen molar-refractivity contribution in [2.75, 3.05) is 21.2 Å². The summed E-state index contributed by atoms with van der Waals surface area (Å²) in [4.78, 5) is 21.7. The first kappa shape index (κ1) is 20.1. The zero-order valence-electron chi connectivity index (χ0n) is 13.7. The van der Waals surface area contributed by atoms with Crippen molar-refractivity contribution in [1.29, 1.82) is 0 Å². The van der Waals surface area contributed by atoms with E-state index in [2.05, 4.69) is 75.7 Å². The molecule has 2 rings (SSSR count). The molecule has 0 fully saturated rings. The van der Waals surface area contributed by atoms with E-state index in [1.165, 1.54) is 38.4 Å². The average molecular weight is 314 g/mol. The van der Waals surface area contributed by atoms with Crippen LogP contribution in [0.25, 0.3) is 0 Å². The Labute approximate surface area is 137 Å². The number of carbonyl (C=O) groups excluding carboxylic acids is 2. The van der Waals surface area contributed by atoms with Gasteiger partial charge < -0.3 is 10.1 Å². The highest BCUT2D eigenvalue weighted by atomic mass is 16.5. The second-order valence-corrected chi connectivity index (χ2v) is 4.20. The van der Waals surface area contributed by atoms with Gasteiger partial charge in [-0.25, -0.2) is 14.6 Å². The van der Waals surface area contributed by atoms with Gasteiger partial charge in [0, 0.05) is 14.1 Å². The van der Waals surface area contributed by atoms with Crippen LogP contribution in [0.3, 0.4) is 0 Å². The van der Waals surface area contributed by atoms with Gasteiger partial charge in [0.2, 0.25) is 6.08 Å². The van der Waals surface area contributed by atoms with Crippen LogP contribution in [0, 0.1) is 0 Å². The number of hydrogen-bond donors (Lipinski definition) is 1. The second kappa shape index (κ2) is 14.0. The highest BCUT2D eigenvalue weighted by Crippen LogP contribution is 2.07. The first-order valence-corrected chi connectivity index (χ1v) is 6.97. The van der Waals surface area contributed by atoms with Gasteiger partial charge in [-0.05, 0) is 17.5 Å². The lowest BCUT2D eigenvalue weighted by Crippen LogP contribution is -2.16. The largest absolute Gasteiger partial charge is 0.453 e. The molecule has 0 saturated carbocycles. The monoisotopic (exact) mass is 314 g/mol. The van der Waals surface area contributed by atoms with Crippen LogP contribution >= 0.6 is 0 Å². The van der Waals surface area contributed by atoms with Crippen molar-refractivity contribution in [2.24, 2.45) is 4.99 Å². The number of benzene rings is 2. The van der Waals surface area contributed by atoms with Crippen LogP contribution in [0.5, 0.6) is 0 Å². The van der Waals surface area contributed by atoms with Crippen molar-refractivity contribution in [3.8, 4) is 0 Å². The zero-order valence-corrected chi connectivity index (χ0v) is 13.7. The number of rotatable bonds is 2. The maximum absolute atomic E-state index is 9.85. The quantitative estimate of drug-likeness (QED) is 0.683. The SMILES string of the molecule is CN=C=O.CNC(=O)OC.c1ccc(Cc2ccccc2)cc1. The Bertz CT molecular complexity index is 536. The molecule has 0 saturated heterocycles. The summed E-state index contributed by atoms with van der Waals surface area (Å²) in [5.41, 5.74) is 2.74. The van der Waals surface area contributed by atoms with Gasteiger partial charge in [0.05, 0.1) is 7.11 Å². The maximum Gasteiger partial charge on any atom is 0.406 e. The number of hydrogen-bond acceptors (Lipinski definition) is 4. The van der Waals surface area contributed by atoms with Gasteiger partial charge in [0.15, 0.2) is 0 Å². The average Bonchev–Trinajstić information content (AvgIpc) is 2.63. The fraction of sp³-hybridized carbons (Fsp3) is 0.222. The minimum absolute atomic E-state index is 0.407. The molecule has 2 aromatic carbocycles. The molecular formula is C18H22N2O3. The Morgan fingerprint density at radius 2 is 1.43 bits per heavy atom. The van der Waals surface area contributed by atoms with E-state index in [0.717, 1.165) is 6.42 Å². The van der Waals surface area contributed by atoms with Crippen molar-refractivity contribution in [2.45, 2.75) is 6.42 Å². The topological polar surface area (TPSA) is 67.8 Å². The molecule has 23 heavy (non-hydrogen) atoms. The van der Waals surface area contributed by atoms with Crippen molar-refractivity contribution in [3.05, 3.63) is 71.8 Å². The Morgan fingerprint density at radius 3 is 1.65 bits per heavy atom. The molecule has 0 unspecified atom stereocenters. The molecule has 0 aromatic heterocycles. The van der Waals surface area contributed by atoms with Crippen molar-refractivity contribution < 1.29 is 14.3 Å². The lowest BCUT2D eigenvalue weighted by atomic mass is 10.1. The predicted molar refractivity (Wildman–Crippen MR) is 91.2 cm³/mol. The van der Waals surface area contributed by atoms with Crippen LogP contribution in [0.2, 0.25) is 0 Å². The molecule has 2 aromatic rings. The molecule has 0 atom stereocenters. The van der Waals surface area contributed by atoms with E-state index in [9.17, 15) is 4.79 Å². The van der Waals surface area contributed by atoms with Gasteiger partial charge in [-0.2, -0.15) is 0 Å². The van der Waals surface area contributed by atoms with E-state index in [4.69, 9.17) is 4.79 Å². The molecule has 5 heteroatoms. The third-order valence-electron chi connectivity index (χ3n) is 2.57. The van der Waals surface area contributed by atoms with Crippen LogP contribution in [0.4, 0.5) is 4.79 Å². The fourth-order valence-corrected chi connectivity index (χ4v) is 1.53. The fourth-order valence-electron chi connectivity index (χ4n) is 1.53. The van der Waals surface area contributed by atoms with Crippen LogP contribution in [0.1, 0.15) is 11.1 Å². The Kier molecular flexibility index (Phi) is 12.3. The van der Waals surface area contributed by atoms with Crippen molar-refractivity contribution >= 4 is 12.2 Å². The molecule has 0 radical (unpaired) electrons. The number of aliphatic imine (C=N–C) groups is 1. The summed E-state index contributed by atoms with van der Waals surface area (Å²) in [5.74, 6) is 0. The molecule has 0 heterocycles. The van der Waals surface area contributed by atoms with E-state index >= 15 is 0 Å². The summed E-state index contributed by atoms with van der Waals surface area (Å²) in [6, 6.07) is 21.1. The second-order valence-electron chi connectivity index (χ2n) is 4.20. The molecule has 0 aliphatic heterocycles. The number of alkyl carbamates (subject to hydrolysis) is 1. The highest BCUT2D eigenvalue weighted by Gasteiger charge is 1.92. The molecule has 0 spiro atoms.